The fourth-order valence-corrected chi connectivity index (χ4v) is 3.25. The van der Waals surface area contributed by atoms with Crippen molar-refractivity contribution in [2.24, 2.45) is 4.99 Å². The van der Waals surface area contributed by atoms with Gasteiger partial charge in [-0.1, -0.05) is 30.3 Å². The van der Waals surface area contributed by atoms with Gasteiger partial charge in [0.25, 0.3) is 0 Å². The molecule has 0 saturated carbocycles. The van der Waals surface area contributed by atoms with Crippen molar-refractivity contribution >= 4 is 29.9 Å². The number of methoxy groups -OCH3 is 1. The van der Waals surface area contributed by atoms with E-state index in [1.165, 1.54) is 5.56 Å². The Kier molecular flexibility index (Phi) is 10.6. The second kappa shape index (κ2) is 11.9. The zero-order chi connectivity index (χ0) is 19.0. The molecule has 2 atom stereocenters. The highest BCUT2D eigenvalue weighted by atomic mass is 127. The number of hydrogen-bond donors (Lipinski definition) is 2. The van der Waals surface area contributed by atoms with Gasteiger partial charge in [-0.25, -0.2) is 0 Å². The molecule has 5 nitrogen and oxygen atoms in total. The maximum atomic E-state index is 5.47. The average Bonchev–Trinajstić information content (AvgIpc) is 2.63. The summed E-state index contributed by atoms with van der Waals surface area (Å²) in [5.74, 6) is 0.895. The number of halogens is 1. The predicted molar refractivity (Wildman–Crippen MR) is 125 cm³/mol. The highest BCUT2D eigenvalue weighted by Crippen LogP contribution is 2.20. The number of piperidine rings is 1. The van der Waals surface area contributed by atoms with Crippen molar-refractivity contribution in [3.8, 4) is 0 Å². The lowest BCUT2D eigenvalue weighted by Crippen LogP contribution is -2.51. The monoisotopic (exact) mass is 488 g/mol. The molecule has 1 aliphatic rings. The van der Waals surface area contributed by atoms with Crippen molar-refractivity contribution < 1.29 is 4.74 Å². The van der Waals surface area contributed by atoms with E-state index in [-0.39, 0.29) is 29.6 Å². The molecular formula is C21H37IN4O. The summed E-state index contributed by atoms with van der Waals surface area (Å²) in [6.45, 7) is 12.2. The first-order valence-corrected chi connectivity index (χ1v) is 9.81. The minimum absolute atomic E-state index is 0. The third-order valence-corrected chi connectivity index (χ3v) is 5.10. The first kappa shape index (κ1) is 24.2. The molecule has 2 unspecified atom stereocenters. The minimum atomic E-state index is -0.241. The molecular weight excluding hydrogens is 451 g/mol. The maximum absolute atomic E-state index is 5.47. The van der Waals surface area contributed by atoms with Crippen LogP contribution in [-0.4, -0.2) is 55.3 Å². The van der Waals surface area contributed by atoms with E-state index in [1.54, 1.807) is 7.11 Å². The number of likely N-dealkylation sites (tertiary alicyclic amines) is 1. The van der Waals surface area contributed by atoms with Gasteiger partial charge in [-0.05, 0) is 46.1 Å². The summed E-state index contributed by atoms with van der Waals surface area (Å²) in [6.07, 6.45) is 2.26. The predicted octanol–water partition coefficient (Wildman–Crippen LogP) is 3.64. The van der Waals surface area contributed by atoms with E-state index < -0.39 is 0 Å². The van der Waals surface area contributed by atoms with Crippen LogP contribution >= 0.6 is 24.0 Å². The van der Waals surface area contributed by atoms with Crippen LogP contribution in [0.4, 0.5) is 0 Å². The van der Waals surface area contributed by atoms with Crippen LogP contribution in [0.3, 0.4) is 0 Å². The highest BCUT2D eigenvalue weighted by Gasteiger charge is 2.26. The summed E-state index contributed by atoms with van der Waals surface area (Å²) in [7, 11) is 1.74. The van der Waals surface area contributed by atoms with Gasteiger partial charge in [0.05, 0.1) is 12.1 Å². The van der Waals surface area contributed by atoms with Crippen LogP contribution in [0.25, 0.3) is 0 Å². The van der Waals surface area contributed by atoms with E-state index in [2.05, 4.69) is 73.6 Å². The average molecular weight is 488 g/mol. The Balaban J connectivity index is 0.00000364. The zero-order valence-electron chi connectivity index (χ0n) is 17.5. The topological polar surface area (TPSA) is 48.9 Å². The molecule has 2 rings (SSSR count). The SMILES string of the molecule is CCNC(=NCC(C)(C)OC)NC1CCN(Cc2ccccc2)C(C)C1.I. The Labute approximate surface area is 182 Å². The van der Waals surface area contributed by atoms with Crippen LogP contribution in [0, 0.1) is 0 Å². The van der Waals surface area contributed by atoms with Crippen LogP contribution in [0.15, 0.2) is 35.3 Å². The molecule has 0 bridgehead atoms. The van der Waals surface area contributed by atoms with Crippen molar-refractivity contribution in [1.82, 2.24) is 15.5 Å². The van der Waals surface area contributed by atoms with Gasteiger partial charge in [-0.3, -0.25) is 9.89 Å². The molecule has 6 heteroatoms. The zero-order valence-corrected chi connectivity index (χ0v) is 19.8. The van der Waals surface area contributed by atoms with E-state index in [0.717, 1.165) is 38.4 Å². The second-order valence-electron chi connectivity index (χ2n) is 7.83. The Morgan fingerprint density at radius 3 is 2.59 bits per heavy atom. The molecule has 2 N–H and O–H groups in total. The molecule has 1 fully saturated rings. The van der Waals surface area contributed by atoms with Crippen LogP contribution in [0.1, 0.15) is 46.1 Å². The largest absolute Gasteiger partial charge is 0.377 e. The molecule has 1 aromatic rings. The van der Waals surface area contributed by atoms with Crippen molar-refractivity contribution in [2.45, 2.75) is 64.8 Å². The first-order chi connectivity index (χ1) is 12.4. The number of rotatable bonds is 7. The summed E-state index contributed by atoms with van der Waals surface area (Å²) >= 11 is 0. The minimum Gasteiger partial charge on any atom is -0.377 e. The number of nitrogens with zero attached hydrogens (tertiary/aromatic N) is 2. The Morgan fingerprint density at radius 1 is 1.30 bits per heavy atom. The molecule has 27 heavy (non-hydrogen) atoms. The van der Waals surface area contributed by atoms with Gasteiger partial charge in [-0.15, -0.1) is 24.0 Å². The van der Waals surface area contributed by atoms with Crippen molar-refractivity contribution in [3.63, 3.8) is 0 Å². The molecule has 0 aromatic heterocycles. The highest BCUT2D eigenvalue weighted by molar-refractivity contribution is 14.0. The van der Waals surface area contributed by atoms with Gasteiger partial charge >= 0.3 is 0 Å². The lowest BCUT2D eigenvalue weighted by Gasteiger charge is -2.38. The van der Waals surface area contributed by atoms with Gasteiger partial charge in [-0.2, -0.15) is 0 Å². The molecule has 1 saturated heterocycles. The first-order valence-electron chi connectivity index (χ1n) is 9.81. The summed E-state index contributed by atoms with van der Waals surface area (Å²) in [6, 6.07) is 11.8. The number of benzene rings is 1. The summed E-state index contributed by atoms with van der Waals surface area (Å²) in [4.78, 5) is 7.29. The molecule has 1 heterocycles. The third-order valence-electron chi connectivity index (χ3n) is 5.10. The number of aliphatic imine (C=N–C) groups is 1. The fraction of sp³-hybridized carbons (Fsp3) is 0.667. The Hall–Kier alpha value is -0.860. The number of guanidine groups is 1. The summed E-state index contributed by atoms with van der Waals surface area (Å²) < 4.78 is 5.47. The standard InChI is InChI=1S/C21H36N4O.HI/c1-6-22-20(23-16-21(3,4)26-5)24-19-12-13-25(17(2)14-19)15-18-10-8-7-9-11-18;/h7-11,17,19H,6,12-16H2,1-5H3,(H2,22,23,24);1H. The normalized spacial score (nSPS) is 21.4. The van der Waals surface area contributed by atoms with Crippen molar-refractivity contribution in [1.29, 1.82) is 0 Å². The molecule has 154 valence electrons. The van der Waals surface area contributed by atoms with Gasteiger partial charge in [0.15, 0.2) is 5.96 Å². The number of hydrogen-bond acceptors (Lipinski definition) is 3. The van der Waals surface area contributed by atoms with E-state index >= 15 is 0 Å². The quantitative estimate of drug-likeness (QED) is 0.350. The van der Waals surface area contributed by atoms with E-state index in [0.29, 0.717) is 18.6 Å². The Bertz CT molecular complexity index is 565. The lowest BCUT2D eigenvalue weighted by atomic mass is 9.97. The summed E-state index contributed by atoms with van der Waals surface area (Å²) in [5, 5.41) is 6.99. The van der Waals surface area contributed by atoms with Crippen molar-refractivity contribution in [3.05, 3.63) is 35.9 Å². The molecule has 0 radical (unpaired) electrons. The van der Waals surface area contributed by atoms with E-state index in [4.69, 9.17) is 9.73 Å². The third kappa shape index (κ3) is 8.35. The second-order valence-corrected chi connectivity index (χ2v) is 7.83. The van der Waals surface area contributed by atoms with Crippen LogP contribution in [0.2, 0.25) is 0 Å². The fourth-order valence-electron chi connectivity index (χ4n) is 3.25. The van der Waals surface area contributed by atoms with E-state index in [9.17, 15) is 0 Å². The smallest absolute Gasteiger partial charge is 0.191 e. The molecule has 0 amide bonds. The molecule has 0 aliphatic carbocycles. The van der Waals surface area contributed by atoms with Crippen LogP contribution < -0.4 is 10.6 Å². The number of ether oxygens (including phenoxy) is 1. The van der Waals surface area contributed by atoms with Gasteiger partial charge in [0, 0.05) is 38.8 Å². The molecule has 1 aromatic carbocycles. The van der Waals surface area contributed by atoms with Crippen molar-refractivity contribution in [2.75, 3.05) is 26.7 Å². The number of nitrogens with one attached hydrogen (secondary N) is 2. The van der Waals surface area contributed by atoms with Crippen LogP contribution in [0.5, 0.6) is 0 Å². The lowest BCUT2D eigenvalue weighted by molar-refractivity contribution is 0.0310. The van der Waals surface area contributed by atoms with Gasteiger partial charge in [0.2, 0.25) is 0 Å². The maximum Gasteiger partial charge on any atom is 0.191 e. The van der Waals surface area contributed by atoms with Gasteiger partial charge in [0.1, 0.15) is 0 Å². The molecule has 0 spiro atoms. The Morgan fingerprint density at radius 2 is 2.00 bits per heavy atom. The van der Waals surface area contributed by atoms with Gasteiger partial charge < -0.3 is 15.4 Å². The molecule has 1 aliphatic heterocycles. The van der Waals surface area contributed by atoms with Crippen LogP contribution in [-0.2, 0) is 11.3 Å². The summed E-state index contributed by atoms with van der Waals surface area (Å²) in [5.41, 5.74) is 1.15. The van der Waals surface area contributed by atoms with E-state index in [1.807, 2.05) is 0 Å².